The van der Waals surface area contributed by atoms with Gasteiger partial charge in [0.1, 0.15) is 11.6 Å². The van der Waals surface area contributed by atoms with Crippen LogP contribution in [0.4, 0.5) is 22.0 Å². The van der Waals surface area contributed by atoms with Crippen LogP contribution in [0.3, 0.4) is 0 Å². The highest BCUT2D eigenvalue weighted by atomic mass is 19.4. The number of halogens is 5. The number of nitrogens with zero attached hydrogens (tertiary/aromatic N) is 2. The van der Waals surface area contributed by atoms with E-state index >= 15 is 0 Å². The molecule has 0 unspecified atom stereocenters. The van der Waals surface area contributed by atoms with Gasteiger partial charge in [0, 0.05) is 31.0 Å². The summed E-state index contributed by atoms with van der Waals surface area (Å²) in [5.41, 5.74) is -0.0959. The van der Waals surface area contributed by atoms with Crippen LogP contribution in [-0.2, 0) is 19.8 Å². The van der Waals surface area contributed by atoms with Crippen molar-refractivity contribution in [2.75, 3.05) is 0 Å². The molecule has 27 heavy (non-hydrogen) atoms. The van der Waals surface area contributed by atoms with Crippen LogP contribution >= 0.6 is 0 Å². The molecule has 0 aliphatic rings. The second-order valence-corrected chi connectivity index (χ2v) is 5.73. The number of hydrogen-bond donors (Lipinski definition) is 1. The number of alkyl halides is 3. The zero-order valence-electron chi connectivity index (χ0n) is 14.7. The lowest BCUT2D eigenvalue weighted by Gasteiger charge is -2.08. The number of allylic oxidation sites excluding steroid dienone is 2. The van der Waals surface area contributed by atoms with Crippen molar-refractivity contribution in [1.82, 2.24) is 9.88 Å². The van der Waals surface area contributed by atoms with Gasteiger partial charge in [-0.1, -0.05) is 18.7 Å². The van der Waals surface area contributed by atoms with Gasteiger partial charge in [-0.3, -0.25) is 4.99 Å². The number of rotatable bonds is 6. The summed E-state index contributed by atoms with van der Waals surface area (Å²) in [6.07, 6.45) is -0.639. The summed E-state index contributed by atoms with van der Waals surface area (Å²) in [6.45, 7) is 5.17. The summed E-state index contributed by atoms with van der Waals surface area (Å²) < 4.78 is 67.0. The van der Waals surface area contributed by atoms with E-state index in [-0.39, 0.29) is 23.5 Å². The maximum atomic E-state index is 13.6. The summed E-state index contributed by atoms with van der Waals surface area (Å²) in [5.74, 6) is -1.38. The third kappa shape index (κ3) is 5.06. The molecule has 3 nitrogen and oxygen atoms in total. The van der Waals surface area contributed by atoms with Crippen LogP contribution in [0.15, 0.2) is 53.8 Å². The van der Waals surface area contributed by atoms with Crippen LogP contribution in [0.2, 0.25) is 0 Å². The van der Waals surface area contributed by atoms with Crippen LogP contribution in [0.1, 0.15) is 23.7 Å². The fourth-order valence-corrected chi connectivity index (χ4v) is 2.36. The number of nitrogens with one attached hydrogen (secondary N) is 1. The molecule has 0 bridgehead atoms. The molecule has 0 aliphatic heterocycles. The van der Waals surface area contributed by atoms with Crippen LogP contribution in [0.25, 0.3) is 5.70 Å². The Morgan fingerprint density at radius 1 is 1.26 bits per heavy atom. The molecular weight excluding hydrogens is 365 g/mol. The summed E-state index contributed by atoms with van der Waals surface area (Å²) in [5, 5.41) is 2.72. The molecule has 144 valence electrons. The molecule has 1 aromatic carbocycles. The lowest BCUT2D eigenvalue weighted by molar-refractivity contribution is -0.137. The molecule has 1 heterocycles. The summed E-state index contributed by atoms with van der Waals surface area (Å²) in [4.78, 5) is 4.12. The minimum atomic E-state index is -4.45. The van der Waals surface area contributed by atoms with Gasteiger partial charge in [-0.15, -0.1) is 0 Å². The van der Waals surface area contributed by atoms with Crippen molar-refractivity contribution >= 4 is 11.9 Å². The third-order valence-electron chi connectivity index (χ3n) is 3.78. The first-order chi connectivity index (χ1) is 12.6. The third-order valence-corrected chi connectivity index (χ3v) is 3.78. The molecule has 0 saturated heterocycles. The van der Waals surface area contributed by atoms with Crippen molar-refractivity contribution in [1.29, 1.82) is 0 Å². The summed E-state index contributed by atoms with van der Waals surface area (Å²) >= 11 is 0. The Hall–Kier alpha value is -2.90. The molecule has 0 spiro atoms. The molecule has 0 radical (unpaired) electrons. The topological polar surface area (TPSA) is 29.3 Å². The highest BCUT2D eigenvalue weighted by Crippen LogP contribution is 2.32. The van der Waals surface area contributed by atoms with Crippen molar-refractivity contribution < 1.29 is 22.0 Å². The van der Waals surface area contributed by atoms with Crippen LogP contribution in [-0.4, -0.2) is 10.8 Å². The fraction of sp³-hybridized carbons (Fsp3) is 0.211. The van der Waals surface area contributed by atoms with Gasteiger partial charge in [0.15, 0.2) is 0 Å². The number of benzene rings is 1. The van der Waals surface area contributed by atoms with E-state index in [1.807, 2.05) is 0 Å². The molecule has 0 aliphatic carbocycles. The van der Waals surface area contributed by atoms with Crippen LogP contribution < -0.4 is 5.32 Å². The van der Waals surface area contributed by atoms with E-state index in [1.165, 1.54) is 23.9 Å². The molecule has 0 amide bonds. The van der Waals surface area contributed by atoms with Gasteiger partial charge < -0.3 is 9.88 Å². The molecule has 1 N–H and O–H groups in total. The maximum Gasteiger partial charge on any atom is 0.417 e. The van der Waals surface area contributed by atoms with Gasteiger partial charge in [0.05, 0.1) is 23.2 Å². The van der Waals surface area contributed by atoms with E-state index in [4.69, 9.17) is 0 Å². The largest absolute Gasteiger partial charge is 0.417 e. The van der Waals surface area contributed by atoms with Gasteiger partial charge in [0.2, 0.25) is 0 Å². The van der Waals surface area contributed by atoms with Crippen molar-refractivity contribution in [2.24, 2.45) is 12.0 Å². The fourth-order valence-electron chi connectivity index (χ4n) is 2.36. The van der Waals surface area contributed by atoms with E-state index in [0.717, 1.165) is 24.4 Å². The van der Waals surface area contributed by atoms with Gasteiger partial charge >= 0.3 is 6.18 Å². The van der Waals surface area contributed by atoms with Gasteiger partial charge in [-0.05, 0) is 25.1 Å². The van der Waals surface area contributed by atoms with Gasteiger partial charge in [0.25, 0.3) is 0 Å². The monoisotopic (exact) mass is 383 g/mol. The normalized spacial score (nSPS) is 12.6. The molecule has 1 aromatic heterocycles. The lowest BCUT2D eigenvalue weighted by atomic mass is 10.2. The van der Waals surface area contributed by atoms with Crippen molar-refractivity contribution in [2.45, 2.75) is 19.6 Å². The van der Waals surface area contributed by atoms with E-state index in [0.29, 0.717) is 5.70 Å². The second-order valence-electron chi connectivity index (χ2n) is 5.73. The summed E-state index contributed by atoms with van der Waals surface area (Å²) in [7, 11) is 1.48. The van der Waals surface area contributed by atoms with E-state index in [2.05, 4.69) is 16.9 Å². The van der Waals surface area contributed by atoms with Crippen molar-refractivity contribution in [3.63, 3.8) is 0 Å². The number of aliphatic imine (C=N–C) groups is 1. The second kappa shape index (κ2) is 8.20. The number of aromatic nitrogens is 1. The predicted molar refractivity (Wildman–Crippen MR) is 94.9 cm³/mol. The minimum Gasteiger partial charge on any atom is -0.380 e. The van der Waals surface area contributed by atoms with Crippen LogP contribution in [0.5, 0.6) is 0 Å². The smallest absolute Gasteiger partial charge is 0.380 e. The van der Waals surface area contributed by atoms with E-state index < -0.39 is 23.4 Å². The van der Waals surface area contributed by atoms with Gasteiger partial charge in [-0.25, -0.2) is 8.78 Å². The maximum absolute atomic E-state index is 13.6. The molecule has 0 saturated carbocycles. The average Bonchev–Trinajstić information content (AvgIpc) is 2.97. The zero-order chi connectivity index (χ0) is 20.2. The molecule has 2 rings (SSSR count). The van der Waals surface area contributed by atoms with Crippen molar-refractivity contribution in [3.05, 3.63) is 77.3 Å². The highest BCUT2D eigenvalue weighted by molar-refractivity contribution is 5.83. The first-order valence-electron chi connectivity index (χ1n) is 7.93. The Kier molecular flexibility index (Phi) is 6.20. The molecule has 0 atom stereocenters. The molecule has 0 fully saturated rings. The Morgan fingerprint density at radius 2 is 1.89 bits per heavy atom. The standard InChI is InChI=1S/C19H18F5N3/c1-4-17(18-8-13(11-27(18)3)19(22,23)24)26-9-12(2)25-10-14-15(20)6-5-7-16(14)21/h4-9,11,25H,2,10H2,1,3H3/b17-4-,26-9?. The number of aryl methyl sites for hydroxylation is 1. The Labute approximate surface area is 153 Å². The van der Waals surface area contributed by atoms with E-state index in [1.54, 1.807) is 13.0 Å². The van der Waals surface area contributed by atoms with Crippen LogP contribution in [0, 0.1) is 11.6 Å². The quantitative estimate of drug-likeness (QED) is 0.549. The first-order valence-corrected chi connectivity index (χ1v) is 7.93. The Morgan fingerprint density at radius 3 is 2.41 bits per heavy atom. The predicted octanol–water partition coefficient (Wildman–Crippen LogP) is 5.06. The molecule has 2 aromatic rings. The van der Waals surface area contributed by atoms with Gasteiger partial charge in [-0.2, -0.15) is 13.2 Å². The van der Waals surface area contributed by atoms with Crippen molar-refractivity contribution in [3.8, 4) is 0 Å². The first kappa shape index (κ1) is 20.4. The average molecular weight is 383 g/mol. The van der Waals surface area contributed by atoms with E-state index in [9.17, 15) is 22.0 Å². The Bertz CT molecular complexity index is 871. The minimum absolute atomic E-state index is 0.142. The summed E-state index contributed by atoms with van der Waals surface area (Å²) in [6, 6.07) is 4.54. The Balaban J connectivity index is 2.09. The number of hydrogen-bond acceptors (Lipinski definition) is 2. The molecule has 8 heteroatoms. The lowest BCUT2D eigenvalue weighted by Crippen LogP contribution is -2.15. The highest BCUT2D eigenvalue weighted by Gasteiger charge is 2.32. The molecular formula is C19H18F5N3. The zero-order valence-corrected chi connectivity index (χ0v) is 14.7. The SMILES string of the molecule is C=C(C=N/C(=C\C)c1cc(C(F)(F)F)cn1C)NCc1c(F)cccc1F.